The molecule has 1 N–H and O–H groups in total. The zero-order chi connectivity index (χ0) is 13.8. The fraction of sp³-hybridized carbons (Fsp3) is 0.625. The van der Waals surface area contributed by atoms with Gasteiger partial charge in [-0.1, -0.05) is 33.8 Å². The predicted molar refractivity (Wildman–Crippen MR) is 77.9 cm³/mol. The summed E-state index contributed by atoms with van der Waals surface area (Å²) in [4.78, 5) is 0. The van der Waals surface area contributed by atoms with Gasteiger partial charge < -0.3 is 14.8 Å². The van der Waals surface area contributed by atoms with E-state index in [1.54, 1.807) is 0 Å². The van der Waals surface area contributed by atoms with Crippen molar-refractivity contribution < 1.29 is 9.47 Å². The maximum Gasteiger partial charge on any atom is 0.161 e. The van der Waals surface area contributed by atoms with Crippen LogP contribution in [0.25, 0.3) is 0 Å². The topological polar surface area (TPSA) is 30.5 Å². The molecular weight excluding hydrogens is 238 g/mol. The van der Waals surface area contributed by atoms with Crippen LogP contribution in [0.15, 0.2) is 18.2 Å². The average Bonchev–Trinajstić information content (AvgIpc) is 2.57. The molecule has 1 heterocycles. The minimum atomic E-state index is 0.361. The van der Waals surface area contributed by atoms with Crippen LogP contribution < -0.4 is 14.8 Å². The number of hydrogen-bond acceptors (Lipinski definition) is 3. The second kappa shape index (κ2) is 6.29. The van der Waals surface area contributed by atoms with Crippen molar-refractivity contribution in [3.05, 3.63) is 23.8 Å². The van der Waals surface area contributed by atoms with E-state index in [1.165, 1.54) is 5.56 Å². The molecule has 0 saturated heterocycles. The fourth-order valence-corrected chi connectivity index (χ4v) is 2.42. The molecule has 0 aromatic heterocycles. The Labute approximate surface area is 116 Å². The quantitative estimate of drug-likeness (QED) is 0.903. The highest BCUT2D eigenvalue weighted by Crippen LogP contribution is 2.34. The van der Waals surface area contributed by atoms with Gasteiger partial charge >= 0.3 is 0 Å². The van der Waals surface area contributed by atoms with Gasteiger partial charge in [0, 0.05) is 12.0 Å². The molecule has 1 aromatic rings. The lowest BCUT2D eigenvalue weighted by Crippen LogP contribution is -2.25. The highest BCUT2D eigenvalue weighted by molar-refractivity contribution is 5.44. The van der Waals surface area contributed by atoms with Crippen LogP contribution in [-0.4, -0.2) is 19.8 Å². The van der Waals surface area contributed by atoms with E-state index in [-0.39, 0.29) is 0 Å². The molecule has 3 nitrogen and oxygen atoms in total. The van der Waals surface area contributed by atoms with Crippen molar-refractivity contribution in [2.24, 2.45) is 11.8 Å². The van der Waals surface area contributed by atoms with Crippen molar-refractivity contribution in [3.8, 4) is 11.5 Å². The van der Waals surface area contributed by atoms with Crippen molar-refractivity contribution in [2.75, 3.05) is 19.8 Å². The first-order valence-corrected chi connectivity index (χ1v) is 7.24. The van der Waals surface area contributed by atoms with Crippen molar-refractivity contribution >= 4 is 0 Å². The summed E-state index contributed by atoms with van der Waals surface area (Å²) in [5.41, 5.74) is 1.27. The van der Waals surface area contributed by atoms with Crippen LogP contribution >= 0.6 is 0 Å². The second-order valence-electron chi connectivity index (χ2n) is 5.71. The Balaban J connectivity index is 2.24. The molecular formula is C16H25NO2. The molecule has 0 bridgehead atoms. The summed E-state index contributed by atoms with van der Waals surface area (Å²) >= 11 is 0. The van der Waals surface area contributed by atoms with Crippen molar-refractivity contribution in [1.82, 2.24) is 5.32 Å². The van der Waals surface area contributed by atoms with Gasteiger partial charge in [-0.15, -0.1) is 0 Å². The van der Waals surface area contributed by atoms with Gasteiger partial charge in [0.05, 0.1) is 13.2 Å². The summed E-state index contributed by atoms with van der Waals surface area (Å²) in [5, 5.41) is 3.53. The molecule has 2 rings (SSSR count). The van der Waals surface area contributed by atoms with Gasteiger partial charge in [-0.2, -0.15) is 0 Å². The summed E-state index contributed by atoms with van der Waals surface area (Å²) in [6, 6.07) is 6.67. The number of fused-ring (bicyclic) bond motifs is 1. The standard InChI is InChI=1S/C16H25NO2/c1-5-17-16(11(2)3)13-6-7-14-15(8-13)19-10-12(4)9-18-14/h6-8,11-12,16-17H,5,9-10H2,1-4H3. The van der Waals surface area contributed by atoms with Gasteiger partial charge in [0.25, 0.3) is 0 Å². The Morgan fingerprint density at radius 2 is 1.89 bits per heavy atom. The van der Waals surface area contributed by atoms with Crippen molar-refractivity contribution in [1.29, 1.82) is 0 Å². The molecule has 19 heavy (non-hydrogen) atoms. The smallest absolute Gasteiger partial charge is 0.161 e. The molecule has 3 heteroatoms. The molecule has 0 amide bonds. The summed E-state index contributed by atoms with van der Waals surface area (Å²) in [5.74, 6) is 2.73. The summed E-state index contributed by atoms with van der Waals surface area (Å²) in [6.07, 6.45) is 0. The lowest BCUT2D eigenvalue weighted by Gasteiger charge is -2.23. The minimum absolute atomic E-state index is 0.361. The molecule has 1 aromatic carbocycles. The highest BCUT2D eigenvalue weighted by Gasteiger charge is 2.19. The zero-order valence-corrected chi connectivity index (χ0v) is 12.4. The fourth-order valence-electron chi connectivity index (χ4n) is 2.42. The largest absolute Gasteiger partial charge is 0.489 e. The minimum Gasteiger partial charge on any atom is -0.489 e. The first-order chi connectivity index (χ1) is 9.11. The van der Waals surface area contributed by atoms with Crippen LogP contribution in [0.2, 0.25) is 0 Å². The van der Waals surface area contributed by atoms with E-state index in [0.29, 0.717) is 17.9 Å². The molecule has 0 aliphatic carbocycles. The molecule has 2 unspecified atom stereocenters. The van der Waals surface area contributed by atoms with Gasteiger partial charge in [-0.3, -0.25) is 0 Å². The highest BCUT2D eigenvalue weighted by atomic mass is 16.5. The van der Waals surface area contributed by atoms with Crippen LogP contribution in [0.5, 0.6) is 11.5 Å². The molecule has 0 saturated carbocycles. The third-order valence-corrected chi connectivity index (χ3v) is 3.46. The Hall–Kier alpha value is -1.22. The molecule has 106 valence electrons. The van der Waals surface area contributed by atoms with Gasteiger partial charge in [0.1, 0.15) is 0 Å². The maximum absolute atomic E-state index is 5.86. The first-order valence-electron chi connectivity index (χ1n) is 7.24. The molecule has 0 fully saturated rings. The zero-order valence-electron chi connectivity index (χ0n) is 12.4. The average molecular weight is 263 g/mol. The lowest BCUT2D eigenvalue weighted by atomic mass is 9.95. The first kappa shape index (κ1) is 14.2. The molecule has 1 aliphatic heterocycles. The van der Waals surface area contributed by atoms with Crippen LogP contribution in [0.4, 0.5) is 0 Å². The number of rotatable bonds is 4. The van der Waals surface area contributed by atoms with Gasteiger partial charge in [-0.25, -0.2) is 0 Å². The predicted octanol–water partition coefficient (Wildman–Crippen LogP) is 3.40. The van der Waals surface area contributed by atoms with Gasteiger partial charge in [0.2, 0.25) is 0 Å². The number of benzene rings is 1. The maximum atomic E-state index is 5.86. The van der Waals surface area contributed by atoms with Gasteiger partial charge in [0.15, 0.2) is 11.5 Å². The van der Waals surface area contributed by atoms with E-state index in [9.17, 15) is 0 Å². The molecule has 2 atom stereocenters. The molecule has 1 aliphatic rings. The van der Waals surface area contributed by atoms with Crippen LogP contribution in [0.1, 0.15) is 39.3 Å². The number of hydrogen-bond donors (Lipinski definition) is 1. The van der Waals surface area contributed by atoms with E-state index in [1.807, 2.05) is 6.07 Å². The van der Waals surface area contributed by atoms with E-state index < -0.39 is 0 Å². The van der Waals surface area contributed by atoms with Crippen molar-refractivity contribution in [3.63, 3.8) is 0 Å². The van der Waals surface area contributed by atoms with Gasteiger partial charge in [-0.05, 0) is 30.2 Å². The Morgan fingerprint density at radius 1 is 1.21 bits per heavy atom. The Bertz CT molecular complexity index is 417. The van der Waals surface area contributed by atoms with E-state index in [4.69, 9.17) is 9.47 Å². The summed E-state index contributed by atoms with van der Waals surface area (Å²) in [6.45, 7) is 11.2. The lowest BCUT2D eigenvalue weighted by molar-refractivity contribution is 0.228. The normalized spacial score (nSPS) is 20.2. The Kier molecular flexibility index (Phi) is 4.70. The van der Waals surface area contributed by atoms with Crippen LogP contribution in [0.3, 0.4) is 0 Å². The second-order valence-corrected chi connectivity index (χ2v) is 5.71. The SMILES string of the molecule is CCNC(c1ccc2c(c1)OCC(C)CO2)C(C)C. The van der Waals surface area contributed by atoms with E-state index >= 15 is 0 Å². The van der Waals surface area contributed by atoms with Crippen LogP contribution in [-0.2, 0) is 0 Å². The molecule has 0 spiro atoms. The number of ether oxygens (including phenoxy) is 2. The third-order valence-electron chi connectivity index (χ3n) is 3.46. The molecule has 0 radical (unpaired) electrons. The summed E-state index contributed by atoms with van der Waals surface area (Å²) < 4.78 is 11.6. The number of nitrogens with one attached hydrogen (secondary N) is 1. The van der Waals surface area contributed by atoms with E-state index in [2.05, 4.69) is 45.1 Å². The monoisotopic (exact) mass is 263 g/mol. The Morgan fingerprint density at radius 3 is 2.53 bits per heavy atom. The van der Waals surface area contributed by atoms with E-state index in [0.717, 1.165) is 31.3 Å². The van der Waals surface area contributed by atoms with Crippen molar-refractivity contribution in [2.45, 2.75) is 33.7 Å². The third kappa shape index (κ3) is 3.41. The van der Waals surface area contributed by atoms with Crippen LogP contribution in [0, 0.1) is 11.8 Å². The summed E-state index contributed by atoms with van der Waals surface area (Å²) in [7, 11) is 0.